The highest BCUT2D eigenvalue weighted by molar-refractivity contribution is 7.92. The minimum Gasteiger partial charge on any atom is -0.459 e. The molecule has 182 valence electrons. The van der Waals surface area contributed by atoms with Crippen molar-refractivity contribution >= 4 is 27.6 Å². The Hall–Kier alpha value is -2.48. The molecule has 0 heterocycles. The minimum absolute atomic E-state index is 0.0438. The molecule has 1 aliphatic rings. The number of benzene rings is 1. The number of sulfone groups is 1. The van der Waals surface area contributed by atoms with E-state index < -0.39 is 49.4 Å². The fourth-order valence-electron chi connectivity index (χ4n) is 3.70. The van der Waals surface area contributed by atoms with E-state index in [4.69, 9.17) is 9.47 Å². The summed E-state index contributed by atoms with van der Waals surface area (Å²) in [6.45, 7) is 14.0. The van der Waals surface area contributed by atoms with Crippen LogP contribution in [0.1, 0.15) is 67.2 Å². The van der Waals surface area contributed by atoms with Crippen molar-refractivity contribution in [1.82, 2.24) is 0 Å². The molecule has 8 heteroatoms. The zero-order valence-corrected chi connectivity index (χ0v) is 21.1. The lowest BCUT2D eigenvalue weighted by atomic mass is 9.74. The molecule has 0 amide bonds. The average molecular weight is 479 g/mol. The van der Waals surface area contributed by atoms with E-state index in [1.807, 2.05) is 0 Å². The van der Waals surface area contributed by atoms with Crippen LogP contribution in [0.5, 0.6) is 0 Å². The number of rotatable bonds is 4. The van der Waals surface area contributed by atoms with Crippen molar-refractivity contribution in [3.63, 3.8) is 0 Å². The van der Waals surface area contributed by atoms with Gasteiger partial charge in [0.05, 0.1) is 4.90 Å². The Kier molecular flexibility index (Phi) is 7.63. The summed E-state index contributed by atoms with van der Waals surface area (Å²) in [5.41, 5.74) is -3.24. The molecule has 1 atom stereocenters. The molecule has 1 aromatic carbocycles. The number of allylic oxidation sites excluding steroid dienone is 1. The Balaban J connectivity index is 2.46. The molecule has 1 fully saturated rings. The third-order valence-electron chi connectivity index (χ3n) is 5.21. The summed E-state index contributed by atoms with van der Waals surface area (Å²) in [5.74, 6) is -2.18. The zero-order chi connectivity index (χ0) is 25.2. The topological polar surface area (TPSA) is 104 Å². The Labute approximate surface area is 196 Å². The fourth-order valence-corrected chi connectivity index (χ4v) is 5.49. The molecule has 1 unspecified atom stereocenters. The van der Waals surface area contributed by atoms with Gasteiger partial charge in [-0.25, -0.2) is 8.42 Å². The number of carbonyl (C=O) groups is 3. The maximum absolute atomic E-state index is 13.3. The normalized spacial score (nSPS) is 19.9. The van der Waals surface area contributed by atoms with Crippen molar-refractivity contribution in [2.75, 3.05) is 0 Å². The molecule has 1 aliphatic carbocycles. The number of ether oxygens (including phenoxy) is 2. The van der Waals surface area contributed by atoms with Gasteiger partial charge < -0.3 is 9.47 Å². The molecule has 2 rings (SSSR count). The van der Waals surface area contributed by atoms with Crippen LogP contribution >= 0.6 is 0 Å². The first-order chi connectivity index (χ1) is 15.0. The Morgan fingerprint density at radius 1 is 0.970 bits per heavy atom. The summed E-state index contributed by atoms with van der Waals surface area (Å²) in [4.78, 5) is 39.7. The number of Topliss-reactive ketones (excluding diaryl/α,β-unsaturated/α-hetero) is 1. The summed E-state index contributed by atoms with van der Waals surface area (Å²) in [6, 6.07) is 7.75. The van der Waals surface area contributed by atoms with E-state index in [9.17, 15) is 22.8 Å². The third-order valence-corrected chi connectivity index (χ3v) is 7.32. The van der Waals surface area contributed by atoms with Crippen LogP contribution in [0.15, 0.2) is 47.4 Å². The minimum atomic E-state index is -3.96. The molecule has 1 aromatic rings. The van der Waals surface area contributed by atoms with Gasteiger partial charge in [0.25, 0.3) is 0 Å². The van der Waals surface area contributed by atoms with Crippen LogP contribution in [0.3, 0.4) is 0 Å². The van der Waals surface area contributed by atoms with Crippen LogP contribution in [0.2, 0.25) is 0 Å². The van der Waals surface area contributed by atoms with E-state index >= 15 is 0 Å². The van der Waals surface area contributed by atoms with Gasteiger partial charge in [-0.3, -0.25) is 14.4 Å². The first-order valence-corrected chi connectivity index (χ1v) is 12.5. The first-order valence-electron chi connectivity index (χ1n) is 10.9. The maximum Gasteiger partial charge on any atom is 0.324 e. The smallest absolute Gasteiger partial charge is 0.324 e. The standard InChI is InChI=1S/C25H34O7S/c1-17-15-20(33(29,30)18-11-9-8-10-12-18)19(26)13-14-25(16-17,21(27)31-23(2,3)4)22(28)32-24(5,6)7/h8-12,20H,1,13-16H2,2-7H3. The summed E-state index contributed by atoms with van der Waals surface area (Å²) < 4.78 is 37.4. The van der Waals surface area contributed by atoms with Gasteiger partial charge in [-0.1, -0.05) is 30.4 Å². The quantitative estimate of drug-likeness (QED) is 0.363. The Morgan fingerprint density at radius 2 is 1.45 bits per heavy atom. The summed E-state index contributed by atoms with van der Waals surface area (Å²) in [7, 11) is -3.96. The monoisotopic (exact) mass is 478 g/mol. The summed E-state index contributed by atoms with van der Waals surface area (Å²) in [5, 5.41) is -1.33. The van der Waals surface area contributed by atoms with Gasteiger partial charge >= 0.3 is 11.9 Å². The molecule has 0 radical (unpaired) electrons. The highest BCUT2D eigenvalue weighted by atomic mass is 32.2. The number of carbonyl (C=O) groups excluding carboxylic acids is 3. The molecule has 1 saturated carbocycles. The van der Waals surface area contributed by atoms with E-state index in [2.05, 4.69) is 6.58 Å². The van der Waals surface area contributed by atoms with Crippen LogP contribution in [-0.4, -0.2) is 42.6 Å². The second kappa shape index (κ2) is 9.41. The Morgan fingerprint density at radius 3 is 1.91 bits per heavy atom. The summed E-state index contributed by atoms with van der Waals surface area (Å²) >= 11 is 0. The van der Waals surface area contributed by atoms with Crippen LogP contribution in [0.25, 0.3) is 0 Å². The lowest BCUT2D eigenvalue weighted by Gasteiger charge is -2.37. The molecule has 0 spiro atoms. The highest BCUT2D eigenvalue weighted by Gasteiger charge is 2.53. The number of esters is 2. The van der Waals surface area contributed by atoms with Crippen molar-refractivity contribution in [3.8, 4) is 0 Å². The zero-order valence-electron chi connectivity index (χ0n) is 20.3. The molecule has 33 heavy (non-hydrogen) atoms. The highest BCUT2D eigenvalue weighted by Crippen LogP contribution is 2.41. The molecule has 0 bridgehead atoms. The van der Waals surface area contributed by atoms with Crippen LogP contribution in [0, 0.1) is 5.41 Å². The van der Waals surface area contributed by atoms with Crippen LogP contribution < -0.4 is 0 Å². The predicted octanol–water partition coefficient (Wildman–Crippen LogP) is 4.20. The molecule has 7 nitrogen and oxygen atoms in total. The van der Waals surface area contributed by atoms with E-state index in [0.717, 1.165) is 0 Å². The molecular weight excluding hydrogens is 444 g/mol. The number of hydrogen-bond donors (Lipinski definition) is 0. The van der Waals surface area contributed by atoms with Gasteiger partial charge in [0.15, 0.2) is 21.0 Å². The molecule has 0 aliphatic heterocycles. The maximum atomic E-state index is 13.3. The number of ketones is 1. The molecule has 0 N–H and O–H groups in total. The number of hydrogen-bond acceptors (Lipinski definition) is 7. The predicted molar refractivity (Wildman–Crippen MR) is 124 cm³/mol. The van der Waals surface area contributed by atoms with Gasteiger partial charge in [0.2, 0.25) is 0 Å². The lowest BCUT2D eigenvalue weighted by molar-refractivity contribution is -0.186. The van der Waals surface area contributed by atoms with Gasteiger partial charge in [-0.05, 0) is 72.9 Å². The third kappa shape index (κ3) is 6.53. The Bertz CT molecular complexity index is 997. The van der Waals surface area contributed by atoms with E-state index in [0.29, 0.717) is 5.57 Å². The van der Waals surface area contributed by atoms with E-state index in [1.165, 1.54) is 12.1 Å². The van der Waals surface area contributed by atoms with Crippen molar-refractivity contribution in [1.29, 1.82) is 0 Å². The van der Waals surface area contributed by atoms with E-state index in [-0.39, 0.29) is 30.6 Å². The first kappa shape index (κ1) is 26.8. The second-order valence-corrected chi connectivity index (χ2v) is 12.7. The SMILES string of the molecule is C=C1CC(S(=O)(=O)c2ccccc2)C(=O)CCC(C(=O)OC(C)(C)C)(C(=O)OC(C)(C)C)C1. The van der Waals surface area contributed by atoms with Gasteiger partial charge in [0, 0.05) is 6.42 Å². The van der Waals surface area contributed by atoms with Gasteiger partial charge in [-0.2, -0.15) is 0 Å². The van der Waals surface area contributed by atoms with Gasteiger partial charge in [-0.15, -0.1) is 0 Å². The largest absolute Gasteiger partial charge is 0.459 e. The molecule has 0 aromatic heterocycles. The molecule has 0 saturated heterocycles. The second-order valence-electron chi connectivity index (χ2n) is 10.5. The van der Waals surface area contributed by atoms with Crippen molar-refractivity contribution in [2.45, 2.75) is 88.6 Å². The average Bonchev–Trinajstić information content (AvgIpc) is 2.65. The van der Waals surface area contributed by atoms with Crippen LogP contribution in [-0.2, 0) is 33.7 Å². The lowest BCUT2D eigenvalue weighted by Crippen LogP contribution is -2.49. The van der Waals surface area contributed by atoms with Crippen molar-refractivity contribution in [3.05, 3.63) is 42.5 Å². The summed E-state index contributed by atoms with van der Waals surface area (Å²) in [6.07, 6.45) is -0.869. The van der Waals surface area contributed by atoms with Crippen molar-refractivity contribution in [2.24, 2.45) is 5.41 Å². The van der Waals surface area contributed by atoms with Crippen LogP contribution in [0.4, 0.5) is 0 Å². The molecular formula is C25H34O7S. The van der Waals surface area contributed by atoms with Crippen molar-refractivity contribution < 1.29 is 32.3 Å². The van der Waals surface area contributed by atoms with E-state index in [1.54, 1.807) is 59.7 Å². The fraction of sp³-hybridized carbons (Fsp3) is 0.560. The van der Waals surface area contributed by atoms with Gasteiger partial charge in [0.1, 0.15) is 16.5 Å².